The predicted molar refractivity (Wildman–Crippen MR) is 60.1 cm³/mol. The van der Waals surface area contributed by atoms with Gasteiger partial charge in [-0.15, -0.1) is 0 Å². The molecular weight excluding hydrogens is 190 g/mol. The monoisotopic (exact) mass is 202 g/mol. The third-order valence-electron chi connectivity index (χ3n) is 2.13. The maximum absolute atomic E-state index is 11.5. The molecule has 15 heavy (non-hydrogen) atoms. The van der Waals surface area contributed by atoms with E-state index in [4.69, 9.17) is 4.42 Å². The molecule has 1 N–H and O–H groups in total. The summed E-state index contributed by atoms with van der Waals surface area (Å²) in [7, 11) is 0. The van der Waals surface area contributed by atoms with Crippen molar-refractivity contribution in [2.45, 2.75) is 13.3 Å². The molecule has 77 valence electrons. The average molecular weight is 202 g/mol. The Morgan fingerprint density at radius 1 is 1.53 bits per heavy atom. The molecule has 0 aliphatic heterocycles. The lowest BCUT2D eigenvalue weighted by Gasteiger charge is -2.03. The Labute approximate surface area is 87.7 Å². The summed E-state index contributed by atoms with van der Waals surface area (Å²) in [4.78, 5) is 11.5. The van der Waals surface area contributed by atoms with Crippen LogP contribution < -0.4 is 10.9 Å². The van der Waals surface area contributed by atoms with Gasteiger partial charge in [-0.25, -0.2) is 4.79 Å². The zero-order valence-corrected chi connectivity index (χ0v) is 8.54. The van der Waals surface area contributed by atoms with E-state index in [2.05, 4.69) is 11.4 Å². The maximum Gasteiger partial charge on any atom is 0.359 e. The second-order valence-electron chi connectivity index (χ2n) is 3.33. The molecule has 0 saturated heterocycles. The molecule has 0 aliphatic carbocycles. The lowest BCUT2D eigenvalue weighted by molar-refractivity contribution is 0.562. The van der Waals surface area contributed by atoms with Crippen LogP contribution in [-0.4, -0.2) is 6.54 Å². The largest absolute Gasteiger partial charge is 0.421 e. The van der Waals surface area contributed by atoms with Crippen molar-refractivity contribution in [3.63, 3.8) is 0 Å². The number of rotatable bonds is 3. The molecule has 1 aromatic heterocycles. The molecule has 3 heteroatoms. The minimum atomic E-state index is -0.335. The van der Waals surface area contributed by atoms with E-state index in [1.54, 1.807) is 12.1 Å². The van der Waals surface area contributed by atoms with E-state index >= 15 is 0 Å². The van der Waals surface area contributed by atoms with Gasteiger partial charge in [-0.3, -0.25) is 0 Å². The molecule has 1 radical (unpaired) electrons. The third kappa shape index (κ3) is 2.01. The van der Waals surface area contributed by atoms with E-state index < -0.39 is 0 Å². The summed E-state index contributed by atoms with van der Waals surface area (Å²) >= 11 is 0. The quantitative estimate of drug-likeness (QED) is 0.777. The van der Waals surface area contributed by atoms with E-state index in [1.165, 1.54) is 0 Å². The highest BCUT2D eigenvalue weighted by atomic mass is 16.4. The highest BCUT2D eigenvalue weighted by Crippen LogP contribution is 2.14. The van der Waals surface area contributed by atoms with Crippen molar-refractivity contribution in [2.24, 2.45) is 0 Å². The lowest BCUT2D eigenvalue weighted by atomic mass is 10.2. The van der Waals surface area contributed by atoms with Crippen LogP contribution in [0.1, 0.15) is 13.3 Å². The fourth-order valence-corrected chi connectivity index (χ4v) is 1.38. The van der Waals surface area contributed by atoms with Crippen LogP contribution in [0.4, 0.5) is 5.69 Å². The number of para-hydroxylation sites is 1. The Morgan fingerprint density at radius 2 is 2.40 bits per heavy atom. The van der Waals surface area contributed by atoms with Crippen LogP contribution in [0, 0.1) is 6.07 Å². The van der Waals surface area contributed by atoms with E-state index in [1.807, 2.05) is 19.1 Å². The van der Waals surface area contributed by atoms with Gasteiger partial charge in [0.05, 0.1) is 0 Å². The molecule has 0 unspecified atom stereocenters. The Kier molecular flexibility index (Phi) is 2.72. The lowest BCUT2D eigenvalue weighted by Crippen LogP contribution is -2.10. The summed E-state index contributed by atoms with van der Waals surface area (Å²) in [6.45, 7) is 2.82. The number of nitrogens with one attached hydrogen (secondary N) is 1. The summed E-state index contributed by atoms with van der Waals surface area (Å²) in [5.41, 5.74) is 0.687. The maximum atomic E-state index is 11.5. The molecule has 0 amide bonds. The van der Waals surface area contributed by atoms with Gasteiger partial charge in [-0.2, -0.15) is 0 Å². The van der Waals surface area contributed by atoms with Gasteiger partial charge in [0.15, 0.2) is 0 Å². The van der Waals surface area contributed by atoms with Crippen LogP contribution in [0.3, 0.4) is 0 Å². The van der Waals surface area contributed by atoms with Crippen LogP contribution in [0.15, 0.2) is 33.5 Å². The van der Waals surface area contributed by atoms with Crippen molar-refractivity contribution in [3.8, 4) is 0 Å². The average Bonchev–Trinajstić information content (AvgIpc) is 2.26. The van der Waals surface area contributed by atoms with E-state index in [0.29, 0.717) is 11.3 Å². The molecule has 1 heterocycles. The first kappa shape index (κ1) is 9.77. The minimum Gasteiger partial charge on any atom is -0.421 e. The van der Waals surface area contributed by atoms with Crippen molar-refractivity contribution in [2.75, 3.05) is 11.9 Å². The first-order chi connectivity index (χ1) is 7.31. The molecular formula is C12H12NO2. The number of hydrogen-bond acceptors (Lipinski definition) is 3. The number of fused-ring (bicyclic) bond motifs is 1. The zero-order chi connectivity index (χ0) is 10.7. The normalized spacial score (nSPS) is 10.5. The fourth-order valence-electron chi connectivity index (χ4n) is 1.38. The van der Waals surface area contributed by atoms with Crippen LogP contribution in [-0.2, 0) is 0 Å². The molecule has 3 nitrogen and oxygen atoms in total. The van der Waals surface area contributed by atoms with E-state index in [9.17, 15) is 4.79 Å². The number of benzene rings is 1. The summed E-state index contributed by atoms with van der Waals surface area (Å²) < 4.78 is 5.12. The second kappa shape index (κ2) is 4.17. The number of hydrogen-bond donors (Lipinski definition) is 1. The Bertz CT molecular complexity index is 516. The van der Waals surface area contributed by atoms with E-state index in [0.717, 1.165) is 18.4 Å². The SMILES string of the molecule is CCCNc1cc2ccc[c]c2oc1=O. The van der Waals surface area contributed by atoms with Crippen molar-refractivity contribution in [1.29, 1.82) is 0 Å². The van der Waals surface area contributed by atoms with Crippen molar-refractivity contribution >= 4 is 16.7 Å². The van der Waals surface area contributed by atoms with Crippen molar-refractivity contribution < 1.29 is 4.42 Å². The molecule has 2 rings (SSSR count). The second-order valence-corrected chi connectivity index (χ2v) is 3.33. The standard InChI is InChI=1S/C12H12NO2/c1-2-7-13-10-8-9-5-3-4-6-11(9)15-12(10)14/h3-5,8,13H,2,7H2,1H3. The van der Waals surface area contributed by atoms with Gasteiger partial charge in [0, 0.05) is 18.0 Å². The summed E-state index contributed by atoms with van der Waals surface area (Å²) in [6.07, 6.45) is 0.971. The first-order valence-electron chi connectivity index (χ1n) is 4.99. The van der Waals surface area contributed by atoms with Crippen LogP contribution in [0.2, 0.25) is 0 Å². The molecule has 0 aliphatic rings. The first-order valence-corrected chi connectivity index (χ1v) is 4.99. The van der Waals surface area contributed by atoms with Gasteiger partial charge >= 0.3 is 5.63 Å². The summed E-state index contributed by atoms with van der Waals surface area (Å²) in [5.74, 6) is 0. The Morgan fingerprint density at radius 3 is 3.20 bits per heavy atom. The minimum absolute atomic E-state index is 0.335. The highest BCUT2D eigenvalue weighted by Gasteiger charge is 2.03. The smallest absolute Gasteiger partial charge is 0.359 e. The van der Waals surface area contributed by atoms with Gasteiger partial charge in [0.2, 0.25) is 0 Å². The zero-order valence-electron chi connectivity index (χ0n) is 8.54. The van der Waals surface area contributed by atoms with Gasteiger partial charge in [-0.05, 0) is 12.5 Å². The van der Waals surface area contributed by atoms with Crippen LogP contribution in [0.25, 0.3) is 11.0 Å². The Balaban J connectivity index is 2.48. The van der Waals surface area contributed by atoms with Gasteiger partial charge < -0.3 is 9.73 Å². The highest BCUT2D eigenvalue weighted by molar-refractivity contribution is 5.78. The van der Waals surface area contributed by atoms with Gasteiger partial charge in [-0.1, -0.05) is 25.1 Å². The third-order valence-corrected chi connectivity index (χ3v) is 2.13. The topological polar surface area (TPSA) is 42.2 Å². The van der Waals surface area contributed by atoms with Gasteiger partial charge in [0.1, 0.15) is 11.3 Å². The summed E-state index contributed by atoms with van der Waals surface area (Å²) in [5, 5.41) is 3.92. The van der Waals surface area contributed by atoms with Gasteiger partial charge in [0.25, 0.3) is 0 Å². The summed E-state index contributed by atoms with van der Waals surface area (Å²) in [6, 6.07) is 10.2. The fraction of sp³-hybridized carbons (Fsp3) is 0.250. The van der Waals surface area contributed by atoms with E-state index in [-0.39, 0.29) is 5.63 Å². The van der Waals surface area contributed by atoms with Crippen LogP contribution in [0.5, 0.6) is 0 Å². The molecule has 2 aromatic rings. The predicted octanol–water partition coefficient (Wildman–Crippen LogP) is 2.42. The molecule has 0 saturated carbocycles. The molecule has 0 bridgehead atoms. The molecule has 0 spiro atoms. The Hall–Kier alpha value is -1.77. The van der Waals surface area contributed by atoms with Crippen LogP contribution >= 0.6 is 0 Å². The molecule has 0 fully saturated rings. The molecule has 1 aromatic carbocycles. The van der Waals surface area contributed by atoms with Crippen molar-refractivity contribution in [3.05, 3.63) is 40.8 Å². The molecule has 0 atom stereocenters. The number of anilines is 1. The van der Waals surface area contributed by atoms with Crippen molar-refractivity contribution in [1.82, 2.24) is 0 Å².